The molecule has 1 aromatic carbocycles. The maximum Gasteiger partial charge on any atom is 0.0506 e. The molecule has 1 N–H and O–H groups in total. The van der Waals surface area contributed by atoms with E-state index in [1.165, 1.54) is 16.7 Å². The van der Waals surface area contributed by atoms with Gasteiger partial charge in [0.25, 0.3) is 0 Å². The summed E-state index contributed by atoms with van der Waals surface area (Å²) in [6, 6.07) is 11.1. The Bertz CT molecular complexity index is 562. The summed E-state index contributed by atoms with van der Waals surface area (Å²) in [5.41, 5.74) is 7.34. The maximum atomic E-state index is 4.58. The lowest BCUT2D eigenvalue weighted by molar-refractivity contribution is 0.843. The van der Waals surface area contributed by atoms with Crippen LogP contribution in [0.25, 0.3) is 0 Å². The highest BCUT2D eigenvalue weighted by Gasteiger charge is 2.12. The molecule has 2 nitrogen and oxygen atoms in total. The van der Waals surface area contributed by atoms with E-state index in [0.29, 0.717) is 0 Å². The van der Waals surface area contributed by atoms with Crippen LogP contribution in [0, 0.1) is 20.8 Å². The van der Waals surface area contributed by atoms with E-state index < -0.39 is 0 Å². The molecule has 0 aliphatic heterocycles. The summed E-state index contributed by atoms with van der Waals surface area (Å²) in [5, 5.41) is 3.57. The number of aryl methyl sites for hydroxylation is 4. The second-order valence-corrected chi connectivity index (χ2v) is 5.50. The molecule has 2 heteroatoms. The van der Waals surface area contributed by atoms with Gasteiger partial charge in [0, 0.05) is 17.1 Å². The normalized spacial score (nSPS) is 12.2. The summed E-state index contributed by atoms with van der Waals surface area (Å²) in [6.07, 6.45) is 1.08. The molecule has 2 rings (SSSR count). The Labute approximate surface area is 122 Å². The molecule has 0 radical (unpaired) electrons. The molecule has 0 spiro atoms. The van der Waals surface area contributed by atoms with Crippen LogP contribution in [-0.4, -0.2) is 4.98 Å². The number of nitrogens with zero attached hydrogens (tertiary/aromatic N) is 1. The number of aromatic nitrogens is 1. The smallest absolute Gasteiger partial charge is 0.0506 e. The van der Waals surface area contributed by atoms with E-state index in [9.17, 15) is 0 Å². The molecule has 0 fully saturated rings. The maximum absolute atomic E-state index is 4.58. The van der Waals surface area contributed by atoms with Gasteiger partial charge in [-0.25, -0.2) is 0 Å². The molecule has 1 atom stereocenters. The average Bonchev–Trinajstić information content (AvgIpc) is 2.38. The molecular formula is C18H24N2. The van der Waals surface area contributed by atoms with E-state index in [1.807, 2.05) is 6.92 Å². The fourth-order valence-corrected chi connectivity index (χ4v) is 2.85. The van der Waals surface area contributed by atoms with Crippen molar-refractivity contribution >= 4 is 5.69 Å². The van der Waals surface area contributed by atoms with Crippen molar-refractivity contribution in [2.75, 3.05) is 5.32 Å². The molecule has 2 aromatic rings. The Morgan fingerprint density at radius 3 is 2.30 bits per heavy atom. The lowest BCUT2D eigenvalue weighted by atomic mass is 10.00. The van der Waals surface area contributed by atoms with Crippen LogP contribution >= 0.6 is 0 Å². The lowest BCUT2D eigenvalue weighted by Crippen LogP contribution is -2.11. The molecule has 0 aliphatic carbocycles. The van der Waals surface area contributed by atoms with E-state index in [1.54, 1.807) is 0 Å². The van der Waals surface area contributed by atoms with Gasteiger partial charge in [0.15, 0.2) is 0 Å². The number of rotatable bonds is 4. The minimum atomic E-state index is 0.260. The summed E-state index contributed by atoms with van der Waals surface area (Å²) in [6.45, 7) is 10.7. The van der Waals surface area contributed by atoms with E-state index >= 15 is 0 Å². The van der Waals surface area contributed by atoms with Gasteiger partial charge in [0.2, 0.25) is 0 Å². The number of anilines is 1. The SMILES string of the molecule is CCc1ccc(NC(C)c2c(C)cc(C)nc2C)cc1. The Hall–Kier alpha value is -1.83. The van der Waals surface area contributed by atoms with Crippen molar-refractivity contribution in [1.82, 2.24) is 4.98 Å². The fourth-order valence-electron chi connectivity index (χ4n) is 2.85. The quantitative estimate of drug-likeness (QED) is 0.866. The zero-order valence-corrected chi connectivity index (χ0v) is 13.1. The summed E-state index contributed by atoms with van der Waals surface area (Å²) in [4.78, 5) is 4.58. The summed E-state index contributed by atoms with van der Waals surface area (Å²) < 4.78 is 0. The van der Waals surface area contributed by atoms with Crippen molar-refractivity contribution in [3.63, 3.8) is 0 Å². The number of benzene rings is 1. The van der Waals surface area contributed by atoms with Gasteiger partial charge in [-0.1, -0.05) is 19.1 Å². The molecule has 0 amide bonds. The minimum Gasteiger partial charge on any atom is -0.378 e. The molecule has 0 saturated carbocycles. The highest BCUT2D eigenvalue weighted by molar-refractivity contribution is 5.48. The average molecular weight is 268 g/mol. The van der Waals surface area contributed by atoms with Crippen molar-refractivity contribution in [3.8, 4) is 0 Å². The summed E-state index contributed by atoms with van der Waals surface area (Å²) in [5.74, 6) is 0. The van der Waals surface area contributed by atoms with Gasteiger partial charge in [-0.3, -0.25) is 4.98 Å². The van der Waals surface area contributed by atoms with Gasteiger partial charge in [0.1, 0.15) is 0 Å². The first-order valence-electron chi connectivity index (χ1n) is 7.31. The third-order valence-corrected chi connectivity index (χ3v) is 3.76. The second kappa shape index (κ2) is 6.08. The van der Waals surface area contributed by atoms with Crippen LogP contribution in [0.4, 0.5) is 5.69 Å². The van der Waals surface area contributed by atoms with Gasteiger partial charge >= 0.3 is 0 Å². The van der Waals surface area contributed by atoms with Crippen molar-refractivity contribution in [3.05, 3.63) is 58.4 Å². The Morgan fingerprint density at radius 2 is 1.75 bits per heavy atom. The number of nitrogens with one attached hydrogen (secondary N) is 1. The van der Waals surface area contributed by atoms with Crippen LogP contribution in [0.3, 0.4) is 0 Å². The first-order valence-corrected chi connectivity index (χ1v) is 7.31. The fraction of sp³-hybridized carbons (Fsp3) is 0.389. The summed E-state index contributed by atoms with van der Waals surface area (Å²) in [7, 11) is 0. The first-order chi connectivity index (χ1) is 9.51. The Kier molecular flexibility index (Phi) is 4.43. The van der Waals surface area contributed by atoms with Crippen molar-refractivity contribution in [1.29, 1.82) is 0 Å². The highest BCUT2D eigenvalue weighted by atomic mass is 14.9. The molecular weight excluding hydrogens is 244 g/mol. The molecule has 106 valence electrons. The van der Waals surface area contributed by atoms with Crippen LogP contribution in [0.2, 0.25) is 0 Å². The number of pyridine rings is 1. The monoisotopic (exact) mass is 268 g/mol. The zero-order valence-electron chi connectivity index (χ0n) is 13.1. The molecule has 0 saturated heterocycles. The van der Waals surface area contributed by atoms with Crippen LogP contribution in [0.15, 0.2) is 30.3 Å². The Morgan fingerprint density at radius 1 is 1.10 bits per heavy atom. The zero-order chi connectivity index (χ0) is 14.7. The van der Waals surface area contributed by atoms with Gasteiger partial charge in [-0.05, 0) is 69.0 Å². The molecule has 1 unspecified atom stereocenters. The molecule has 0 aliphatic rings. The minimum absolute atomic E-state index is 0.260. The lowest BCUT2D eigenvalue weighted by Gasteiger charge is -2.20. The van der Waals surface area contributed by atoms with Crippen LogP contribution in [0.5, 0.6) is 0 Å². The van der Waals surface area contributed by atoms with Crippen LogP contribution in [-0.2, 0) is 6.42 Å². The highest BCUT2D eigenvalue weighted by Crippen LogP contribution is 2.25. The molecule has 1 heterocycles. The van der Waals surface area contributed by atoms with E-state index in [4.69, 9.17) is 0 Å². The van der Waals surface area contributed by atoms with E-state index in [2.05, 4.69) is 68.3 Å². The van der Waals surface area contributed by atoms with Gasteiger partial charge in [-0.15, -0.1) is 0 Å². The standard InChI is InChI=1S/C18H24N2/c1-6-16-7-9-17(10-8-16)20-15(5)18-12(2)11-13(3)19-14(18)4/h7-11,15,20H,6H2,1-5H3. The molecule has 1 aromatic heterocycles. The first kappa shape index (κ1) is 14.6. The Balaban J connectivity index is 2.21. The van der Waals surface area contributed by atoms with Crippen LogP contribution < -0.4 is 5.32 Å². The third-order valence-electron chi connectivity index (χ3n) is 3.76. The van der Waals surface area contributed by atoms with Crippen molar-refractivity contribution in [2.45, 2.75) is 47.1 Å². The van der Waals surface area contributed by atoms with Crippen molar-refractivity contribution in [2.24, 2.45) is 0 Å². The predicted molar refractivity (Wildman–Crippen MR) is 86.3 cm³/mol. The van der Waals surface area contributed by atoms with E-state index in [0.717, 1.165) is 23.5 Å². The predicted octanol–water partition coefficient (Wildman–Crippen LogP) is 4.74. The molecule has 20 heavy (non-hydrogen) atoms. The van der Waals surface area contributed by atoms with Gasteiger partial charge < -0.3 is 5.32 Å². The topological polar surface area (TPSA) is 24.9 Å². The third kappa shape index (κ3) is 3.19. The number of hydrogen-bond donors (Lipinski definition) is 1. The van der Waals surface area contributed by atoms with Crippen LogP contribution in [0.1, 0.15) is 48.0 Å². The van der Waals surface area contributed by atoms with Gasteiger partial charge in [0.05, 0.1) is 6.04 Å². The van der Waals surface area contributed by atoms with Crippen molar-refractivity contribution < 1.29 is 0 Å². The summed E-state index contributed by atoms with van der Waals surface area (Å²) >= 11 is 0. The van der Waals surface area contributed by atoms with E-state index in [-0.39, 0.29) is 6.04 Å². The second-order valence-electron chi connectivity index (χ2n) is 5.50. The molecule has 0 bridgehead atoms. The number of hydrogen-bond acceptors (Lipinski definition) is 2. The largest absolute Gasteiger partial charge is 0.378 e. The van der Waals surface area contributed by atoms with Gasteiger partial charge in [-0.2, -0.15) is 0 Å².